The quantitative estimate of drug-likeness (QED) is 0.0330. The molecule has 0 aromatic heterocycles. The lowest BCUT2D eigenvalue weighted by atomic mass is 9.85. The number of phosphoric ester groups is 1. The molecule has 0 aliphatic heterocycles. The summed E-state index contributed by atoms with van der Waals surface area (Å²) in [6, 6.07) is 0. The van der Waals surface area contributed by atoms with Crippen molar-refractivity contribution in [2.45, 2.75) is 166 Å². The molecule has 0 radical (unpaired) electrons. The van der Waals surface area contributed by atoms with Gasteiger partial charge in [-0.2, -0.15) is 0 Å². The van der Waals surface area contributed by atoms with Crippen LogP contribution in [0.3, 0.4) is 0 Å². The van der Waals surface area contributed by atoms with Gasteiger partial charge in [-0.05, 0) is 38.5 Å². The van der Waals surface area contributed by atoms with E-state index in [1.54, 1.807) is 0 Å². The minimum absolute atomic E-state index is 0.0880. The van der Waals surface area contributed by atoms with E-state index in [1.807, 2.05) is 6.92 Å². The molecule has 0 spiro atoms. The molecule has 0 aromatic rings. The molecule has 1 aliphatic carbocycles. The fourth-order valence-corrected chi connectivity index (χ4v) is 5.96. The molecule has 0 amide bonds. The van der Waals surface area contributed by atoms with E-state index >= 15 is 0 Å². The average molecular weight is 683 g/mol. The molecule has 13 nitrogen and oxygen atoms in total. The van der Waals surface area contributed by atoms with Gasteiger partial charge in [-0.3, -0.25) is 18.6 Å². The molecule has 6 N–H and O–H groups in total. The molecular formula is C32H59O13P. The lowest BCUT2D eigenvalue weighted by Gasteiger charge is -2.41. The van der Waals surface area contributed by atoms with E-state index in [9.17, 15) is 44.6 Å². The summed E-state index contributed by atoms with van der Waals surface area (Å²) in [7, 11) is -5.09. The zero-order chi connectivity index (χ0) is 34.4. The second-order valence-electron chi connectivity index (χ2n) is 12.0. The highest BCUT2D eigenvalue weighted by Crippen LogP contribution is 2.47. The molecule has 0 bridgehead atoms. The van der Waals surface area contributed by atoms with E-state index in [1.165, 1.54) is 32.1 Å². The average Bonchev–Trinajstić information content (AvgIpc) is 3.02. The molecule has 0 saturated heterocycles. The third kappa shape index (κ3) is 18.2. The Bertz CT molecular complexity index is 885. The van der Waals surface area contributed by atoms with E-state index in [2.05, 4.69) is 19.1 Å². The maximum absolute atomic E-state index is 12.6. The molecule has 6 unspecified atom stereocenters. The van der Waals surface area contributed by atoms with Crippen LogP contribution >= 0.6 is 7.82 Å². The van der Waals surface area contributed by atoms with Crippen molar-refractivity contribution in [1.82, 2.24) is 0 Å². The second kappa shape index (κ2) is 24.7. The van der Waals surface area contributed by atoms with Gasteiger partial charge in [-0.1, -0.05) is 83.8 Å². The number of carbonyl (C=O) groups excluding carboxylic acids is 2. The summed E-state index contributed by atoms with van der Waals surface area (Å²) in [6.45, 7) is 3.02. The van der Waals surface area contributed by atoms with Gasteiger partial charge in [0.2, 0.25) is 0 Å². The monoisotopic (exact) mass is 682 g/mol. The number of unbranched alkanes of at least 4 members (excludes halogenated alkanes) is 12. The Labute approximate surface area is 273 Å². The third-order valence-electron chi connectivity index (χ3n) is 7.86. The first-order chi connectivity index (χ1) is 21.9. The van der Waals surface area contributed by atoms with Crippen molar-refractivity contribution < 1.29 is 63.1 Å². The Morgan fingerprint density at radius 2 is 1.11 bits per heavy atom. The van der Waals surface area contributed by atoms with Gasteiger partial charge in [0, 0.05) is 12.8 Å². The SMILES string of the molecule is CCCCCCC/C=C\CCCCCCCC(=O)OC(COC(=O)CCCCC)COP(=O)(O)OC1C(O)C(O)C(O)C(O)C1O. The van der Waals surface area contributed by atoms with Gasteiger partial charge >= 0.3 is 19.8 Å². The summed E-state index contributed by atoms with van der Waals surface area (Å²) >= 11 is 0. The van der Waals surface area contributed by atoms with E-state index in [4.69, 9.17) is 18.5 Å². The van der Waals surface area contributed by atoms with Gasteiger partial charge in [0.1, 0.15) is 43.2 Å². The lowest BCUT2D eigenvalue weighted by molar-refractivity contribution is -0.220. The number of aliphatic hydroxyl groups is 5. The van der Waals surface area contributed by atoms with E-state index in [0.717, 1.165) is 51.4 Å². The number of hydrogen-bond donors (Lipinski definition) is 6. The summed E-state index contributed by atoms with van der Waals surface area (Å²) in [5.41, 5.74) is 0. The number of aliphatic hydroxyl groups excluding tert-OH is 5. The first-order valence-corrected chi connectivity index (χ1v) is 18.5. The van der Waals surface area contributed by atoms with Gasteiger partial charge in [0.25, 0.3) is 0 Å². The molecule has 270 valence electrons. The highest BCUT2D eigenvalue weighted by molar-refractivity contribution is 7.47. The largest absolute Gasteiger partial charge is 0.472 e. The Balaban J connectivity index is 2.51. The molecule has 1 fully saturated rings. The first-order valence-electron chi connectivity index (χ1n) is 17.0. The van der Waals surface area contributed by atoms with Gasteiger partial charge in [0.05, 0.1) is 6.61 Å². The van der Waals surface area contributed by atoms with E-state index in [-0.39, 0.29) is 12.8 Å². The summed E-state index contributed by atoms with van der Waals surface area (Å²) in [4.78, 5) is 34.8. The van der Waals surface area contributed by atoms with Crippen molar-refractivity contribution in [3.63, 3.8) is 0 Å². The molecule has 1 rings (SSSR count). The Morgan fingerprint density at radius 1 is 0.652 bits per heavy atom. The Morgan fingerprint density at radius 3 is 1.70 bits per heavy atom. The van der Waals surface area contributed by atoms with E-state index < -0.39 is 75.7 Å². The summed E-state index contributed by atoms with van der Waals surface area (Å²) in [6.07, 6.45) is 6.95. The van der Waals surface area contributed by atoms with Gasteiger partial charge in [0.15, 0.2) is 6.10 Å². The minimum Gasteiger partial charge on any atom is -0.462 e. The number of allylic oxidation sites excluding steroid dienone is 2. The fourth-order valence-electron chi connectivity index (χ4n) is 4.98. The first kappa shape index (κ1) is 42.6. The van der Waals surface area contributed by atoms with Crippen molar-refractivity contribution in [2.24, 2.45) is 0 Å². The van der Waals surface area contributed by atoms with Crippen LogP contribution in [0.4, 0.5) is 0 Å². The number of rotatable bonds is 26. The van der Waals surface area contributed by atoms with Crippen LogP contribution in [0.25, 0.3) is 0 Å². The van der Waals surface area contributed by atoms with Crippen LogP contribution in [-0.4, -0.2) is 98.3 Å². The number of carbonyl (C=O) groups is 2. The number of esters is 2. The maximum atomic E-state index is 12.6. The molecule has 46 heavy (non-hydrogen) atoms. The number of phosphoric acid groups is 1. The van der Waals surface area contributed by atoms with Crippen LogP contribution in [0, 0.1) is 0 Å². The summed E-state index contributed by atoms with van der Waals surface area (Å²) in [5, 5.41) is 49.6. The minimum atomic E-state index is -5.09. The molecule has 1 aliphatic rings. The highest BCUT2D eigenvalue weighted by atomic mass is 31.2. The predicted molar refractivity (Wildman–Crippen MR) is 171 cm³/mol. The molecule has 14 heteroatoms. The third-order valence-corrected chi connectivity index (χ3v) is 8.84. The smallest absolute Gasteiger partial charge is 0.462 e. The number of hydrogen-bond acceptors (Lipinski definition) is 12. The standard InChI is InChI=1S/C32H59O13P/c1-3-5-7-8-9-10-11-12-13-14-15-16-17-19-21-26(34)44-24(22-42-25(33)20-18-6-4-2)23-43-46(40,41)45-32-30(38)28(36)27(35)29(37)31(32)39/h11-12,24,27-32,35-39H,3-10,13-23H2,1-2H3,(H,40,41)/b12-11-. The van der Waals surface area contributed by atoms with Crippen LogP contribution in [0.2, 0.25) is 0 Å². The predicted octanol–water partition coefficient (Wildman–Crippen LogP) is 3.99. The zero-order valence-corrected chi connectivity index (χ0v) is 28.5. The summed E-state index contributed by atoms with van der Waals surface area (Å²) < 4.78 is 32.9. The van der Waals surface area contributed by atoms with Crippen LogP contribution < -0.4 is 0 Å². The van der Waals surface area contributed by atoms with Gasteiger partial charge in [-0.15, -0.1) is 0 Å². The van der Waals surface area contributed by atoms with Crippen molar-refractivity contribution in [3.8, 4) is 0 Å². The van der Waals surface area contributed by atoms with Crippen molar-refractivity contribution in [2.75, 3.05) is 13.2 Å². The van der Waals surface area contributed by atoms with Crippen molar-refractivity contribution in [3.05, 3.63) is 12.2 Å². The normalized spacial score (nSPS) is 25.3. The number of ether oxygens (including phenoxy) is 2. The molecule has 0 heterocycles. The Hall–Kier alpha value is -1.41. The second-order valence-corrected chi connectivity index (χ2v) is 13.4. The molecule has 6 atom stereocenters. The molecule has 1 saturated carbocycles. The fraction of sp³-hybridized carbons (Fsp3) is 0.875. The van der Waals surface area contributed by atoms with Crippen LogP contribution in [0.5, 0.6) is 0 Å². The van der Waals surface area contributed by atoms with Crippen LogP contribution in [-0.2, 0) is 32.7 Å². The lowest BCUT2D eigenvalue weighted by Crippen LogP contribution is -2.64. The van der Waals surface area contributed by atoms with Crippen molar-refractivity contribution in [1.29, 1.82) is 0 Å². The molecular weight excluding hydrogens is 623 g/mol. The van der Waals surface area contributed by atoms with Gasteiger partial charge in [-0.25, -0.2) is 4.57 Å². The zero-order valence-electron chi connectivity index (χ0n) is 27.6. The van der Waals surface area contributed by atoms with Crippen LogP contribution in [0.1, 0.15) is 123 Å². The highest BCUT2D eigenvalue weighted by Gasteiger charge is 2.51. The molecule has 0 aromatic carbocycles. The van der Waals surface area contributed by atoms with E-state index in [0.29, 0.717) is 12.8 Å². The van der Waals surface area contributed by atoms with Crippen LogP contribution in [0.15, 0.2) is 12.2 Å². The van der Waals surface area contributed by atoms with Gasteiger partial charge < -0.3 is 39.9 Å². The Kier molecular flexibility index (Phi) is 22.9. The van der Waals surface area contributed by atoms with Crippen molar-refractivity contribution >= 4 is 19.8 Å². The topological polar surface area (TPSA) is 210 Å². The maximum Gasteiger partial charge on any atom is 0.472 e. The summed E-state index contributed by atoms with van der Waals surface area (Å²) in [5.74, 6) is -1.14.